The van der Waals surface area contributed by atoms with Gasteiger partial charge in [0, 0.05) is 16.2 Å². The summed E-state index contributed by atoms with van der Waals surface area (Å²) in [5.41, 5.74) is 0.307. The molecule has 0 amide bonds. The van der Waals surface area contributed by atoms with E-state index in [2.05, 4.69) is 20.9 Å². The Morgan fingerprint density at radius 2 is 2.05 bits per heavy atom. The average molecular weight is 338 g/mol. The summed E-state index contributed by atoms with van der Waals surface area (Å²) in [5, 5.41) is 0. The van der Waals surface area contributed by atoms with Crippen LogP contribution in [0.15, 0.2) is 41.1 Å². The highest BCUT2D eigenvalue weighted by Gasteiger charge is 2.15. The number of ketones is 1. The van der Waals surface area contributed by atoms with Gasteiger partial charge in [0.25, 0.3) is 0 Å². The molecule has 0 saturated heterocycles. The fraction of sp³-hybridized carbons (Fsp3) is 0.200. The van der Waals surface area contributed by atoms with Crippen molar-refractivity contribution in [3.8, 4) is 5.75 Å². The topological polar surface area (TPSA) is 39.2 Å². The standard InChI is InChI=1S/C15H13BrFNO2/c1-9(2)20-12-5-10(7-18-8-12)15(19)13-4-3-11(16)6-14(13)17/h3-9H,1-2H3. The largest absolute Gasteiger partial charge is 0.489 e. The van der Waals surface area contributed by atoms with Crippen molar-refractivity contribution in [2.75, 3.05) is 0 Å². The lowest BCUT2D eigenvalue weighted by Gasteiger charge is -2.10. The zero-order valence-electron chi connectivity index (χ0n) is 11.1. The quantitative estimate of drug-likeness (QED) is 0.791. The molecule has 0 radical (unpaired) electrons. The first kappa shape index (κ1) is 14.7. The Balaban J connectivity index is 2.33. The number of halogens is 2. The van der Waals surface area contributed by atoms with Crippen molar-refractivity contribution in [1.29, 1.82) is 0 Å². The van der Waals surface area contributed by atoms with Gasteiger partial charge >= 0.3 is 0 Å². The van der Waals surface area contributed by atoms with E-state index in [0.29, 0.717) is 15.8 Å². The molecule has 0 aliphatic carbocycles. The molecule has 0 unspecified atom stereocenters. The maximum absolute atomic E-state index is 13.8. The number of ether oxygens (including phenoxy) is 1. The van der Waals surface area contributed by atoms with Crippen molar-refractivity contribution < 1.29 is 13.9 Å². The molecule has 2 aromatic rings. The highest BCUT2D eigenvalue weighted by atomic mass is 79.9. The molecule has 1 heterocycles. The number of hydrogen-bond donors (Lipinski definition) is 0. The predicted octanol–water partition coefficient (Wildman–Crippen LogP) is 4.00. The van der Waals surface area contributed by atoms with Crippen molar-refractivity contribution in [3.05, 3.63) is 58.1 Å². The van der Waals surface area contributed by atoms with Gasteiger partial charge in [0.2, 0.25) is 0 Å². The Morgan fingerprint density at radius 1 is 1.30 bits per heavy atom. The second kappa shape index (κ2) is 6.13. The molecule has 1 aromatic carbocycles. The van der Waals surface area contributed by atoms with Crippen LogP contribution in [-0.4, -0.2) is 16.9 Å². The number of aromatic nitrogens is 1. The van der Waals surface area contributed by atoms with Gasteiger partial charge in [-0.3, -0.25) is 9.78 Å². The Hall–Kier alpha value is -1.75. The van der Waals surface area contributed by atoms with Crippen LogP contribution in [0.3, 0.4) is 0 Å². The third-order valence-electron chi connectivity index (χ3n) is 2.52. The second-order valence-corrected chi connectivity index (χ2v) is 5.44. The number of carbonyl (C=O) groups excluding carboxylic acids is 1. The molecule has 0 saturated carbocycles. The fourth-order valence-electron chi connectivity index (χ4n) is 1.71. The molecule has 0 N–H and O–H groups in total. The number of benzene rings is 1. The van der Waals surface area contributed by atoms with Crippen LogP contribution in [0.2, 0.25) is 0 Å². The average Bonchev–Trinajstić information content (AvgIpc) is 2.37. The van der Waals surface area contributed by atoms with Gasteiger partial charge in [0.1, 0.15) is 11.6 Å². The zero-order valence-corrected chi connectivity index (χ0v) is 12.6. The van der Waals surface area contributed by atoms with Crippen LogP contribution in [-0.2, 0) is 0 Å². The number of pyridine rings is 1. The molecule has 0 spiro atoms. The molecule has 3 nitrogen and oxygen atoms in total. The number of nitrogens with zero attached hydrogens (tertiary/aromatic N) is 1. The number of hydrogen-bond acceptors (Lipinski definition) is 3. The van der Waals surface area contributed by atoms with E-state index in [9.17, 15) is 9.18 Å². The van der Waals surface area contributed by atoms with Gasteiger partial charge in [-0.25, -0.2) is 4.39 Å². The molecule has 2 rings (SSSR count). The molecule has 0 bridgehead atoms. The monoisotopic (exact) mass is 337 g/mol. The highest BCUT2D eigenvalue weighted by molar-refractivity contribution is 9.10. The van der Waals surface area contributed by atoms with Crippen molar-refractivity contribution in [2.24, 2.45) is 0 Å². The first-order chi connectivity index (χ1) is 9.47. The van der Waals surface area contributed by atoms with Gasteiger partial charge in [-0.1, -0.05) is 15.9 Å². The Bertz CT molecular complexity index is 644. The lowest BCUT2D eigenvalue weighted by Crippen LogP contribution is -2.08. The molecular weight excluding hydrogens is 325 g/mol. The Morgan fingerprint density at radius 3 is 2.70 bits per heavy atom. The van der Waals surface area contributed by atoms with E-state index in [4.69, 9.17) is 4.74 Å². The SMILES string of the molecule is CC(C)Oc1cncc(C(=O)c2ccc(Br)cc2F)c1. The summed E-state index contributed by atoms with van der Waals surface area (Å²) in [6.45, 7) is 3.76. The van der Waals surface area contributed by atoms with Gasteiger partial charge in [-0.2, -0.15) is 0 Å². The fourth-order valence-corrected chi connectivity index (χ4v) is 2.04. The molecule has 20 heavy (non-hydrogen) atoms. The maximum Gasteiger partial charge on any atom is 0.197 e. The van der Waals surface area contributed by atoms with Crippen LogP contribution in [0.1, 0.15) is 29.8 Å². The lowest BCUT2D eigenvalue weighted by atomic mass is 10.0. The van der Waals surface area contributed by atoms with Crippen molar-refractivity contribution in [3.63, 3.8) is 0 Å². The highest BCUT2D eigenvalue weighted by Crippen LogP contribution is 2.20. The molecule has 1 aromatic heterocycles. The van der Waals surface area contributed by atoms with Gasteiger partial charge in [0.15, 0.2) is 5.78 Å². The van der Waals surface area contributed by atoms with E-state index in [0.717, 1.165) is 0 Å². The molecular formula is C15H13BrFNO2. The minimum Gasteiger partial charge on any atom is -0.489 e. The van der Waals surface area contributed by atoms with Crippen molar-refractivity contribution in [2.45, 2.75) is 20.0 Å². The summed E-state index contributed by atoms with van der Waals surface area (Å²) in [6.07, 6.45) is 2.90. The van der Waals surface area contributed by atoms with Crippen molar-refractivity contribution in [1.82, 2.24) is 4.98 Å². The van der Waals surface area contributed by atoms with Gasteiger partial charge in [0.05, 0.1) is 17.9 Å². The molecule has 0 aliphatic heterocycles. The second-order valence-electron chi connectivity index (χ2n) is 4.53. The van der Waals surface area contributed by atoms with Gasteiger partial charge < -0.3 is 4.74 Å². The Kier molecular flexibility index (Phi) is 4.49. The molecule has 5 heteroatoms. The first-order valence-corrected chi connectivity index (χ1v) is 6.88. The number of carbonyl (C=O) groups is 1. The molecule has 0 aliphatic rings. The van der Waals surface area contributed by atoms with E-state index in [1.54, 1.807) is 12.1 Å². The van der Waals surface area contributed by atoms with Crippen LogP contribution in [0.5, 0.6) is 5.75 Å². The molecule has 0 atom stereocenters. The smallest absolute Gasteiger partial charge is 0.197 e. The maximum atomic E-state index is 13.8. The van der Waals surface area contributed by atoms with Crippen LogP contribution >= 0.6 is 15.9 Å². The minimum absolute atomic E-state index is 0.0108. The summed E-state index contributed by atoms with van der Waals surface area (Å²) in [7, 11) is 0. The van der Waals surface area contributed by atoms with E-state index < -0.39 is 11.6 Å². The summed E-state index contributed by atoms with van der Waals surface area (Å²) in [6, 6.07) is 5.89. The van der Waals surface area contributed by atoms with Crippen molar-refractivity contribution >= 4 is 21.7 Å². The predicted molar refractivity (Wildman–Crippen MR) is 77.5 cm³/mol. The third-order valence-corrected chi connectivity index (χ3v) is 3.02. The van der Waals surface area contributed by atoms with Gasteiger partial charge in [-0.05, 0) is 38.1 Å². The summed E-state index contributed by atoms with van der Waals surface area (Å²) in [5.74, 6) is -0.500. The summed E-state index contributed by atoms with van der Waals surface area (Å²) < 4.78 is 19.9. The number of rotatable bonds is 4. The summed E-state index contributed by atoms with van der Waals surface area (Å²) in [4.78, 5) is 16.2. The van der Waals surface area contributed by atoms with Gasteiger partial charge in [-0.15, -0.1) is 0 Å². The molecule has 104 valence electrons. The zero-order chi connectivity index (χ0) is 14.7. The lowest BCUT2D eigenvalue weighted by molar-refractivity contribution is 0.103. The summed E-state index contributed by atoms with van der Waals surface area (Å²) >= 11 is 3.16. The Labute approximate surface area is 124 Å². The van der Waals surface area contributed by atoms with Crippen LogP contribution in [0, 0.1) is 5.82 Å². The van der Waals surface area contributed by atoms with Crippen LogP contribution < -0.4 is 4.74 Å². The minimum atomic E-state index is -0.570. The van der Waals surface area contributed by atoms with E-state index >= 15 is 0 Å². The first-order valence-electron chi connectivity index (χ1n) is 6.09. The van der Waals surface area contributed by atoms with E-state index in [-0.39, 0.29) is 11.7 Å². The normalized spacial score (nSPS) is 10.7. The van der Waals surface area contributed by atoms with E-state index in [1.165, 1.54) is 24.5 Å². The molecule has 0 fully saturated rings. The third kappa shape index (κ3) is 3.42. The van der Waals surface area contributed by atoms with Crippen LogP contribution in [0.4, 0.5) is 4.39 Å². The van der Waals surface area contributed by atoms with Crippen LogP contribution in [0.25, 0.3) is 0 Å². The van der Waals surface area contributed by atoms with E-state index in [1.807, 2.05) is 13.8 Å².